The summed E-state index contributed by atoms with van der Waals surface area (Å²) in [5.41, 5.74) is 1.14. The zero-order valence-electron chi connectivity index (χ0n) is 14.7. The van der Waals surface area contributed by atoms with E-state index >= 15 is 0 Å². The highest BCUT2D eigenvalue weighted by Gasteiger charge is 2.37. The first-order chi connectivity index (χ1) is 12.2. The van der Waals surface area contributed by atoms with Crippen LogP contribution < -0.4 is 10.2 Å². The number of benzene rings is 1. The van der Waals surface area contributed by atoms with Crippen LogP contribution in [0, 0.1) is 0 Å². The van der Waals surface area contributed by atoms with Gasteiger partial charge in [0, 0.05) is 55.5 Å². The molecule has 2 unspecified atom stereocenters. The Kier molecular flexibility index (Phi) is 5.04. The summed E-state index contributed by atoms with van der Waals surface area (Å²) in [5, 5.41) is 4.08. The lowest BCUT2D eigenvalue weighted by atomic mass is 9.99. The van der Waals surface area contributed by atoms with Crippen LogP contribution in [0.4, 0.5) is 10.5 Å². The highest BCUT2D eigenvalue weighted by atomic mass is 35.5. The summed E-state index contributed by atoms with van der Waals surface area (Å²) in [4.78, 5) is 19.5. The van der Waals surface area contributed by atoms with Crippen LogP contribution in [0.25, 0.3) is 0 Å². The van der Waals surface area contributed by atoms with E-state index in [1.54, 1.807) is 0 Å². The number of urea groups is 1. The third-order valence-corrected chi connectivity index (χ3v) is 6.14. The second-order valence-electron chi connectivity index (χ2n) is 7.40. The highest BCUT2D eigenvalue weighted by molar-refractivity contribution is 6.30. The van der Waals surface area contributed by atoms with E-state index in [2.05, 4.69) is 21.2 Å². The van der Waals surface area contributed by atoms with Gasteiger partial charge in [-0.1, -0.05) is 24.1 Å². The normalized spacial score (nSPS) is 27.2. The number of carbonyl (C=O) groups excluding carboxylic acids is 1. The molecule has 3 heterocycles. The number of halogens is 1. The molecule has 1 N–H and O–H groups in total. The summed E-state index contributed by atoms with van der Waals surface area (Å²) in [6.07, 6.45) is 4.93. The van der Waals surface area contributed by atoms with Crippen LogP contribution in [0.5, 0.6) is 0 Å². The van der Waals surface area contributed by atoms with Crippen molar-refractivity contribution in [1.82, 2.24) is 15.1 Å². The Morgan fingerprint density at radius 3 is 2.68 bits per heavy atom. The first-order valence-electron chi connectivity index (χ1n) is 9.51. The Labute approximate surface area is 154 Å². The molecular formula is C19H27ClN4O. The largest absolute Gasteiger partial charge is 0.368 e. The molecule has 0 bridgehead atoms. The van der Waals surface area contributed by atoms with E-state index in [0.29, 0.717) is 12.1 Å². The molecule has 5 nitrogen and oxygen atoms in total. The topological polar surface area (TPSA) is 38.8 Å². The molecule has 25 heavy (non-hydrogen) atoms. The monoisotopic (exact) mass is 362 g/mol. The molecule has 6 heteroatoms. The predicted octanol–water partition coefficient (Wildman–Crippen LogP) is 2.80. The van der Waals surface area contributed by atoms with Gasteiger partial charge in [0.2, 0.25) is 0 Å². The summed E-state index contributed by atoms with van der Waals surface area (Å²) < 4.78 is 0. The number of hydrogen-bond donors (Lipinski definition) is 1. The van der Waals surface area contributed by atoms with Gasteiger partial charge in [-0.15, -0.1) is 0 Å². The number of carbonyl (C=O) groups is 1. The first kappa shape index (κ1) is 17.0. The zero-order chi connectivity index (χ0) is 17.2. The summed E-state index contributed by atoms with van der Waals surface area (Å²) >= 11 is 6.09. The minimum atomic E-state index is 0.114. The van der Waals surface area contributed by atoms with Gasteiger partial charge < -0.3 is 15.1 Å². The third-order valence-electron chi connectivity index (χ3n) is 5.91. The minimum Gasteiger partial charge on any atom is -0.368 e. The summed E-state index contributed by atoms with van der Waals surface area (Å²) in [6, 6.07) is 8.95. The fraction of sp³-hybridized carbons (Fsp3) is 0.632. The molecule has 0 aromatic heterocycles. The molecule has 2 amide bonds. The number of nitrogens with zero attached hydrogens (tertiary/aromatic N) is 3. The van der Waals surface area contributed by atoms with E-state index in [0.717, 1.165) is 49.9 Å². The molecule has 1 aromatic carbocycles. The maximum Gasteiger partial charge on any atom is 0.317 e. The number of rotatable bonds is 2. The summed E-state index contributed by atoms with van der Waals surface area (Å²) in [5.74, 6) is 0. The summed E-state index contributed by atoms with van der Waals surface area (Å²) in [6.45, 7) is 5.58. The quantitative estimate of drug-likeness (QED) is 0.879. The van der Waals surface area contributed by atoms with Crippen LogP contribution in [0.1, 0.15) is 25.7 Å². The second kappa shape index (κ2) is 7.42. The number of anilines is 1. The number of nitrogens with one attached hydrogen (secondary N) is 1. The second-order valence-corrected chi connectivity index (χ2v) is 7.83. The van der Waals surface area contributed by atoms with Gasteiger partial charge in [0.25, 0.3) is 0 Å². The number of hydrogen-bond acceptors (Lipinski definition) is 3. The molecule has 1 aromatic rings. The van der Waals surface area contributed by atoms with Crippen molar-refractivity contribution in [2.24, 2.45) is 0 Å². The Morgan fingerprint density at radius 1 is 1.04 bits per heavy atom. The van der Waals surface area contributed by atoms with E-state index < -0.39 is 0 Å². The van der Waals surface area contributed by atoms with Gasteiger partial charge in [0.1, 0.15) is 0 Å². The molecule has 2 atom stereocenters. The third kappa shape index (κ3) is 3.72. The van der Waals surface area contributed by atoms with Gasteiger partial charge in [-0.05, 0) is 44.0 Å². The molecule has 3 aliphatic heterocycles. The van der Waals surface area contributed by atoms with Crippen molar-refractivity contribution in [1.29, 1.82) is 0 Å². The van der Waals surface area contributed by atoms with Crippen molar-refractivity contribution in [2.75, 3.05) is 44.2 Å². The Bertz CT molecular complexity index is 617. The molecule has 3 aliphatic rings. The number of piperidine rings is 1. The lowest BCUT2D eigenvalue weighted by Crippen LogP contribution is -2.55. The molecule has 4 rings (SSSR count). The maximum atomic E-state index is 12.7. The van der Waals surface area contributed by atoms with E-state index in [1.807, 2.05) is 23.1 Å². The van der Waals surface area contributed by atoms with Crippen molar-refractivity contribution in [3.63, 3.8) is 0 Å². The molecule has 0 spiro atoms. The fourth-order valence-electron chi connectivity index (χ4n) is 4.51. The van der Waals surface area contributed by atoms with Crippen molar-refractivity contribution in [2.45, 2.75) is 37.8 Å². The lowest BCUT2D eigenvalue weighted by Gasteiger charge is -2.37. The lowest BCUT2D eigenvalue weighted by molar-refractivity contribution is 0.166. The average molecular weight is 363 g/mol. The number of fused-ring (bicyclic) bond motifs is 1. The van der Waals surface area contributed by atoms with Gasteiger partial charge in [-0.2, -0.15) is 0 Å². The molecular weight excluding hydrogens is 336 g/mol. The zero-order valence-corrected chi connectivity index (χ0v) is 15.4. The molecule has 0 saturated carbocycles. The van der Waals surface area contributed by atoms with Crippen LogP contribution in [-0.2, 0) is 0 Å². The molecule has 136 valence electrons. The smallest absolute Gasteiger partial charge is 0.317 e. The standard InChI is InChI=1S/C19H27ClN4O/c20-15-4-3-5-16(14-15)22-10-12-24(13-11-22)19(25)21-17-7-9-23-8-2-1-6-18(17)23/h3-5,14,17-18H,1-2,6-13H2,(H,21,25). The summed E-state index contributed by atoms with van der Waals surface area (Å²) in [7, 11) is 0. The number of piperazine rings is 1. The molecule has 0 aliphatic carbocycles. The van der Waals surface area contributed by atoms with Crippen LogP contribution >= 0.6 is 11.6 Å². The van der Waals surface area contributed by atoms with Crippen molar-refractivity contribution >= 4 is 23.3 Å². The van der Waals surface area contributed by atoms with Crippen LogP contribution in [0.15, 0.2) is 24.3 Å². The predicted molar refractivity (Wildman–Crippen MR) is 101 cm³/mol. The van der Waals surface area contributed by atoms with Gasteiger partial charge in [-0.25, -0.2) is 4.79 Å². The van der Waals surface area contributed by atoms with Gasteiger partial charge in [0.05, 0.1) is 0 Å². The van der Waals surface area contributed by atoms with Crippen molar-refractivity contribution in [3.05, 3.63) is 29.3 Å². The van der Waals surface area contributed by atoms with E-state index in [9.17, 15) is 4.79 Å². The van der Waals surface area contributed by atoms with Gasteiger partial charge in [-0.3, -0.25) is 4.90 Å². The first-order valence-corrected chi connectivity index (χ1v) is 9.88. The molecule has 0 radical (unpaired) electrons. The van der Waals surface area contributed by atoms with E-state index in [-0.39, 0.29) is 6.03 Å². The molecule has 3 fully saturated rings. The maximum absolute atomic E-state index is 12.7. The van der Waals surface area contributed by atoms with E-state index in [1.165, 1.54) is 25.8 Å². The SMILES string of the molecule is O=C(NC1CCN2CCCCC12)N1CCN(c2cccc(Cl)c2)CC1. The van der Waals surface area contributed by atoms with Gasteiger partial charge in [0.15, 0.2) is 0 Å². The Balaban J connectivity index is 1.29. The van der Waals surface area contributed by atoms with Crippen LogP contribution in [0.3, 0.4) is 0 Å². The Hall–Kier alpha value is -1.46. The van der Waals surface area contributed by atoms with Crippen LogP contribution in [0.2, 0.25) is 5.02 Å². The highest BCUT2D eigenvalue weighted by Crippen LogP contribution is 2.27. The van der Waals surface area contributed by atoms with Crippen molar-refractivity contribution in [3.8, 4) is 0 Å². The Morgan fingerprint density at radius 2 is 1.88 bits per heavy atom. The van der Waals surface area contributed by atoms with Crippen LogP contribution in [-0.4, -0.2) is 67.2 Å². The molecule has 3 saturated heterocycles. The fourth-order valence-corrected chi connectivity index (χ4v) is 4.69. The van der Waals surface area contributed by atoms with Crippen molar-refractivity contribution < 1.29 is 4.79 Å². The van der Waals surface area contributed by atoms with E-state index in [4.69, 9.17) is 11.6 Å². The minimum absolute atomic E-state index is 0.114. The van der Waals surface area contributed by atoms with Gasteiger partial charge >= 0.3 is 6.03 Å². The average Bonchev–Trinajstić information content (AvgIpc) is 3.05. The number of amides is 2.